The van der Waals surface area contributed by atoms with Crippen molar-refractivity contribution in [2.24, 2.45) is 0 Å². The van der Waals surface area contributed by atoms with Gasteiger partial charge in [0.25, 0.3) is 5.91 Å². The number of nitrogens with two attached hydrogens (primary N) is 1. The average molecular weight is 274 g/mol. The summed E-state index contributed by atoms with van der Waals surface area (Å²) in [5, 5.41) is 0. The predicted molar refractivity (Wildman–Crippen MR) is 82.0 cm³/mol. The van der Waals surface area contributed by atoms with E-state index >= 15 is 0 Å². The van der Waals surface area contributed by atoms with Crippen LogP contribution in [0.25, 0.3) is 0 Å². The molecule has 1 aromatic heterocycles. The molecular weight excluding hydrogens is 256 g/mol. The van der Waals surface area contributed by atoms with Crippen LogP contribution in [0.5, 0.6) is 0 Å². The molecule has 0 aliphatic rings. The number of carbonyl (C=O) groups excluding carboxylic acids is 1. The van der Waals surface area contributed by atoms with Crippen LogP contribution in [0.3, 0.4) is 0 Å². The fourth-order valence-electron chi connectivity index (χ4n) is 1.97. The van der Waals surface area contributed by atoms with E-state index in [4.69, 9.17) is 5.73 Å². The van der Waals surface area contributed by atoms with Crippen LogP contribution in [0.4, 0.5) is 11.4 Å². The lowest BCUT2D eigenvalue weighted by Gasteiger charge is -2.20. The maximum absolute atomic E-state index is 12.5. The number of rotatable bonds is 3. The Balaban J connectivity index is 2.34. The summed E-state index contributed by atoms with van der Waals surface area (Å²) >= 11 is 1.45. The number of thiophene rings is 1. The van der Waals surface area contributed by atoms with Crippen LogP contribution < -0.4 is 10.6 Å². The van der Waals surface area contributed by atoms with Crippen molar-refractivity contribution >= 4 is 28.6 Å². The summed E-state index contributed by atoms with van der Waals surface area (Å²) in [5.41, 5.74) is 8.58. The molecule has 19 heavy (non-hydrogen) atoms. The quantitative estimate of drug-likeness (QED) is 0.929. The van der Waals surface area contributed by atoms with Gasteiger partial charge in [0.2, 0.25) is 0 Å². The van der Waals surface area contributed by atoms with Crippen LogP contribution in [0.15, 0.2) is 30.3 Å². The molecule has 0 bridgehead atoms. The van der Waals surface area contributed by atoms with Gasteiger partial charge < -0.3 is 10.6 Å². The molecule has 0 aliphatic heterocycles. The van der Waals surface area contributed by atoms with E-state index in [0.717, 1.165) is 16.1 Å². The highest BCUT2D eigenvalue weighted by atomic mass is 32.1. The van der Waals surface area contributed by atoms with Gasteiger partial charge in [-0.2, -0.15) is 0 Å². The van der Waals surface area contributed by atoms with E-state index in [1.54, 1.807) is 11.0 Å². The summed E-state index contributed by atoms with van der Waals surface area (Å²) < 4.78 is 0. The minimum atomic E-state index is 0.0119. The second-order valence-electron chi connectivity index (χ2n) is 4.51. The Labute approximate surface area is 117 Å². The van der Waals surface area contributed by atoms with E-state index in [0.29, 0.717) is 17.1 Å². The molecule has 2 rings (SSSR count). The minimum Gasteiger partial charge on any atom is -0.398 e. The number of anilines is 2. The molecule has 4 heteroatoms. The molecule has 3 nitrogen and oxygen atoms in total. The highest BCUT2D eigenvalue weighted by Gasteiger charge is 2.18. The molecule has 1 amide bonds. The zero-order valence-corrected chi connectivity index (χ0v) is 12.3. The third-order valence-electron chi connectivity index (χ3n) is 3.04. The van der Waals surface area contributed by atoms with Gasteiger partial charge in [-0.1, -0.05) is 12.1 Å². The zero-order chi connectivity index (χ0) is 14.0. The number of hydrogen-bond acceptors (Lipinski definition) is 3. The number of amides is 1. The first-order valence-electron chi connectivity index (χ1n) is 6.27. The molecule has 1 aromatic carbocycles. The van der Waals surface area contributed by atoms with E-state index in [9.17, 15) is 4.79 Å². The topological polar surface area (TPSA) is 46.3 Å². The lowest BCUT2D eigenvalue weighted by molar-refractivity contribution is 0.0992. The summed E-state index contributed by atoms with van der Waals surface area (Å²) in [6.45, 7) is 6.57. The monoisotopic (exact) mass is 274 g/mol. The fourth-order valence-corrected chi connectivity index (χ4v) is 2.86. The summed E-state index contributed by atoms with van der Waals surface area (Å²) in [6.07, 6.45) is 0. The van der Waals surface area contributed by atoms with Gasteiger partial charge >= 0.3 is 0 Å². The largest absolute Gasteiger partial charge is 0.398 e. The number of nitrogen functional groups attached to an aromatic ring is 1. The summed E-state index contributed by atoms with van der Waals surface area (Å²) in [5.74, 6) is 0.0119. The first-order chi connectivity index (χ1) is 9.02. The number of hydrogen-bond donors (Lipinski definition) is 1. The van der Waals surface area contributed by atoms with Gasteiger partial charge in [-0.25, -0.2) is 0 Å². The lowest BCUT2D eigenvalue weighted by atomic mass is 10.2. The van der Waals surface area contributed by atoms with Crippen LogP contribution >= 0.6 is 11.3 Å². The smallest absolute Gasteiger partial charge is 0.268 e. The zero-order valence-electron chi connectivity index (χ0n) is 11.4. The van der Waals surface area contributed by atoms with E-state index in [2.05, 4.69) is 0 Å². The molecule has 0 saturated heterocycles. The Hall–Kier alpha value is -1.81. The number of carbonyl (C=O) groups is 1. The Morgan fingerprint density at radius 1 is 1.32 bits per heavy atom. The lowest BCUT2D eigenvalue weighted by Crippen LogP contribution is -2.29. The van der Waals surface area contributed by atoms with Gasteiger partial charge in [0.1, 0.15) is 0 Å². The normalized spacial score (nSPS) is 10.5. The van der Waals surface area contributed by atoms with E-state index < -0.39 is 0 Å². The molecule has 0 aliphatic carbocycles. The van der Waals surface area contributed by atoms with Crippen molar-refractivity contribution in [2.45, 2.75) is 20.8 Å². The molecule has 0 atom stereocenters. The third kappa shape index (κ3) is 2.79. The van der Waals surface area contributed by atoms with Gasteiger partial charge in [-0.05, 0) is 44.5 Å². The number of aryl methyl sites for hydroxylation is 2. The van der Waals surface area contributed by atoms with Crippen LogP contribution in [-0.2, 0) is 0 Å². The average Bonchev–Trinajstić information content (AvgIpc) is 2.70. The summed E-state index contributed by atoms with van der Waals surface area (Å²) in [7, 11) is 0. The summed E-state index contributed by atoms with van der Waals surface area (Å²) in [4.78, 5) is 16.0. The highest BCUT2D eigenvalue weighted by Crippen LogP contribution is 2.26. The van der Waals surface area contributed by atoms with Crippen molar-refractivity contribution in [3.8, 4) is 0 Å². The minimum absolute atomic E-state index is 0.0119. The third-order valence-corrected chi connectivity index (χ3v) is 4.10. The number of benzene rings is 1. The second kappa shape index (κ2) is 5.45. The fraction of sp³-hybridized carbons (Fsp3) is 0.267. The van der Waals surface area contributed by atoms with Crippen LogP contribution in [0, 0.1) is 13.8 Å². The van der Waals surface area contributed by atoms with Crippen molar-refractivity contribution in [1.82, 2.24) is 0 Å². The van der Waals surface area contributed by atoms with Crippen LogP contribution in [-0.4, -0.2) is 12.5 Å². The van der Waals surface area contributed by atoms with E-state index in [1.165, 1.54) is 11.3 Å². The molecule has 2 N–H and O–H groups in total. The van der Waals surface area contributed by atoms with Crippen molar-refractivity contribution < 1.29 is 4.79 Å². The van der Waals surface area contributed by atoms with Crippen molar-refractivity contribution in [3.05, 3.63) is 45.6 Å². The summed E-state index contributed by atoms with van der Waals surface area (Å²) in [6, 6.07) is 9.73. The van der Waals surface area contributed by atoms with Crippen molar-refractivity contribution in [3.63, 3.8) is 0 Å². The van der Waals surface area contributed by atoms with E-state index in [-0.39, 0.29) is 5.91 Å². The van der Waals surface area contributed by atoms with Gasteiger partial charge in [0, 0.05) is 22.8 Å². The number of nitrogens with zero attached hydrogens (tertiary/aromatic N) is 1. The Kier molecular flexibility index (Phi) is 3.90. The van der Waals surface area contributed by atoms with Gasteiger partial charge in [-0.15, -0.1) is 11.3 Å². The maximum Gasteiger partial charge on any atom is 0.268 e. The molecule has 1 heterocycles. The first-order valence-corrected chi connectivity index (χ1v) is 7.09. The van der Waals surface area contributed by atoms with Gasteiger partial charge in [-0.3, -0.25) is 4.79 Å². The maximum atomic E-state index is 12.5. The van der Waals surface area contributed by atoms with Crippen molar-refractivity contribution in [2.75, 3.05) is 17.2 Å². The van der Waals surface area contributed by atoms with E-state index in [1.807, 2.05) is 45.0 Å². The Bertz CT molecular complexity index is 584. The van der Waals surface area contributed by atoms with Crippen molar-refractivity contribution in [1.29, 1.82) is 0 Å². The SMILES string of the molecule is CCN(C(=O)c1cc(N)c(C)s1)c1cccc(C)c1. The molecule has 0 spiro atoms. The highest BCUT2D eigenvalue weighted by molar-refractivity contribution is 7.14. The molecule has 0 saturated carbocycles. The predicted octanol–water partition coefficient (Wildman–Crippen LogP) is 3.61. The molecule has 100 valence electrons. The molecular formula is C15H18N2OS. The standard InChI is InChI=1S/C15H18N2OS/c1-4-17(12-7-5-6-10(2)8-12)15(18)14-9-13(16)11(3)19-14/h5-9H,4,16H2,1-3H3. The van der Waals surface area contributed by atoms with Crippen LogP contribution in [0.2, 0.25) is 0 Å². The molecule has 0 unspecified atom stereocenters. The van der Waals surface area contributed by atoms with Gasteiger partial charge in [0.15, 0.2) is 0 Å². The Morgan fingerprint density at radius 3 is 2.58 bits per heavy atom. The molecule has 2 aromatic rings. The Morgan fingerprint density at radius 2 is 2.05 bits per heavy atom. The first kappa shape index (κ1) is 13.6. The molecule has 0 radical (unpaired) electrons. The molecule has 0 fully saturated rings. The van der Waals surface area contributed by atoms with Crippen LogP contribution in [0.1, 0.15) is 27.0 Å². The van der Waals surface area contributed by atoms with Gasteiger partial charge in [0.05, 0.1) is 4.88 Å². The second-order valence-corrected chi connectivity index (χ2v) is 5.77.